The highest BCUT2D eigenvalue weighted by molar-refractivity contribution is 7.90. The number of rotatable bonds is 9. The van der Waals surface area contributed by atoms with E-state index in [1.165, 1.54) is 24.3 Å². The first-order chi connectivity index (χ1) is 12.1. The molecule has 1 aromatic rings. The van der Waals surface area contributed by atoms with Gasteiger partial charge in [-0.2, -0.15) is 0 Å². The molecule has 0 aromatic heterocycles. The highest BCUT2D eigenvalue weighted by atomic mass is 35.5. The zero-order valence-electron chi connectivity index (χ0n) is 14.2. The van der Waals surface area contributed by atoms with Crippen LogP contribution in [-0.2, 0) is 24.2 Å². The molecule has 1 rings (SSSR count). The van der Waals surface area contributed by atoms with Gasteiger partial charge in [0.2, 0.25) is 0 Å². The standard InChI is InChI=1S/C16H20Cl2FNO5S/c1-3-4-13(21)25-14(12(9-19)20-16(22)15(17)18)10-5-7-11(8-6-10)26(2,23)24/h5-8,12,14-15H,3-4,9H2,1-2H3,(H,20,22)/t12?,14-/m1/s1. The number of benzene rings is 1. The number of sulfone groups is 1. The van der Waals surface area contributed by atoms with Crippen LogP contribution in [0.25, 0.3) is 0 Å². The normalized spacial score (nSPS) is 13.9. The van der Waals surface area contributed by atoms with Crippen molar-refractivity contribution < 1.29 is 27.1 Å². The number of ether oxygens (including phenoxy) is 1. The van der Waals surface area contributed by atoms with E-state index in [4.69, 9.17) is 27.9 Å². The lowest BCUT2D eigenvalue weighted by Gasteiger charge is -2.26. The Kier molecular flexibility index (Phi) is 8.79. The van der Waals surface area contributed by atoms with E-state index in [1.807, 2.05) is 0 Å². The number of carbonyl (C=O) groups excluding carboxylic acids is 2. The first-order valence-corrected chi connectivity index (χ1v) is 10.5. The number of halogens is 3. The van der Waals surface area contributed by atoms with E-state index in [0.717, 1.165) is 6.26 Å². The van der Waals surface area contributed by atoms with Crippen molar-refractivity contribution in [1.29, 1.82) is 0 Å². The van der Waals surface area contributed by atoms with Crippen molar-refractivity contribution in [2.24, 2.45) is 0 Å². The predicted molar refractivity (Wildman–Crippen MR) is 96.7 cm³/mol. The number of alkyl halides is 3. The summed E-state index contributed by atoms with van der Waals surface area (Å²) in [4.78, 5) is 22.2. The molecule has 0 aliphatic rings. The number of hydrogen-bond donors (Lipinski definition) is 1. The van der Waals surface area contributed by atoms with Gasteiger partial charge in [-0.3, -0.25) is 9.59 Å². The zero-order valence-corrected chi connectivity index (χ0v) is 16.6. The van der Waals surface area contributed by atoms with Crippen molar-refractivity contribution in [1.82, 2.24) is 5.32 Å². The smallest absolute Gasteiger partial charge is 0.306 e. The molecule has 0 aliphatic carbocycles. The molecule has 0 heterocycles. The molecule has 0 saturated carbocycles. The Balaban J connectivity index is 3.17. The summed E-state index contributed by atoms with van der Waals surface area (Å²) in [5, 5.41) is 2.28. The molecule has 0 aliphatic heterocycles. The van der Waals surface area contributed by atoms with E-state index in [-0.39, 0.29) is 11.3 Å². The molecule has 2 atom stereocenters. The van der Waals surface area contributed by atoms with Crippen LogP contribution in [0.4, 0.5) is 4.39 Å². The summed E-state index contributed by atoms with van der Waals surface area (Å²) in [6.45, 7) is 0.724. The molecule has 6 nitrogen and oxygen atoms in total. The zero-order chi connectivity index (χ0) is 19.9. The highest BCUT2D eigenvalue weighted by Crippen LogP contribution is 2.25. The van der Waals surface area contributed by atoms with E-state index in [9.17, 15) is 22.4 Å². The van der Waals surface area contributed by atoms with Crippen LogP contribution >= 0.6 is 23.2 Å². The fraction of sp³-hybridized carbons (Fsp3) is 0.500. The Hall–Kier alpha value is -1.38. The number of nitrogens with one attached hydrogen (secondary N) is 1. The largest absolute Gasteiger partial charge is 0.455 e. The van der Waals surface area contributed by atoms with Gasteiger partial charge in [0.1, 0.15) is 12.8 Å². The minimum atomic E-state index is -3.42. The first-order valence-electron chi connectivity index (χ1n) is 7.74. The van der Waals surface area contributed by atoms with Gasteiger partial charge >= 0.3 is 5.97 Å². The average Bonchev–Trinajstić information content (AvgIpc) is 2.57. The summed E-state index contributed by atoms with van der Waals surface area (Å²) in [7, 11) is -3.42. The molecule has 0 radical (unpaired) electrons. The van der Waals surface area contributed by atoms with Crippen molar-refractivity contribution >= 4 is 44.9 Å². The van der Waals surface area contributed by atoms with Gasteiger partial charge in [0.15, 0.2) is 14.7 Å². The molecule has 26 heavy (non-hydrogen) atoms. The quantitative estimate of drug-likeness (QED) is 0.483. The Bertz CT molecular complexity index is 725. The molecule has 0 bridgehead atoms. The van der Waals surface area contributed by atoms with Gasteiger partial charge in [0.25, 0.3) is 5.91 Å². The van der Waals surface area contributed by atoms with E-state index in [1.54, 1.807) is 6.92 Å². The second-order valence-corrected chi connectivity index (χ2v) is 8.68. The number of carbonyl (C=O) groups is 2. The summed E-state index contributed by atoms with van der Waals surface area (Å²) in [6.07, 6.45) is 0.519. The fourth-order valence-electron chi connectivity index (χ4n) is 2.13. The van der Waals surface area contributed by atoms with E-state index in [0.29, 0.717) is 12.0 Å². The monoisotopic (exact) mass is 427 g/mol. The molecule has 0 fully saturated rings. The third-order valence-electron chi connectivity index (χ3n) is 3.41. The van der Waals surface area contributed by atoms with Crippen LogP contribution in [0.1, 0.15) is 31.4 Å². The second kappa shape index (κ2) is 10.1. The molecule has 1 N–H and O–H groups in total. The van der Waals surface area contributed by atoms with Gasteiger partial charge in [0, 0.05) is 12.7 Å². The number of esters is 1. The first kappa shape index (κ1) is 22.7. The van der Waals surface area contributed by atoms with E-state index < -0.39 is 45.4 Å². The Morgan fingerprint density at radius 1 is 1.23 bits per heavy atom. The predicted octanol–water partition coefficient (Wildman–Crippen LogP) is 2.73. The maximum absolute atomic E-state index is 13.5. The minimum absolute atomic E-state index is 0.0577. The van der Waals surface area contributed by atoms with Crippen LogP contribution in [0, 0.1) is 0 Å². The summed E-state index contributed by atoms with van der Waals surface area (Å²) >= 11 is 10.9. The van der Waals surface area contributed by atoms with Gasteiger partial charge < -0.3 is 10.1 Å². The van der Waals surface area contributed by atoms with E-state index >= 15 is 0 Å². The van der Waals surface area contributed by atoms with Gasteiger partial charge in [-0.05, 0) is 24.1 Å². The summed E-state index contributed by atoms with van der Waals surface area (Å²) in [5.74, 6) is -1.41. The van der Waals surface area contributed by atoms with Crippen molar-refractivity contribution in [2.45, 2.75) is 41.6 Å². The Labute approximate surface area is 161 Å². The molecule has 1 amide bonds. The van der Waals surface area contributed by atoms with Crippen molar-refractivity contribution in [3.8, 4) is 0 Å². The summed E-state index contributed by atoms with van der Waals surface area (Å²) < 4.78 is 42.0. The molecule has 0 saturated heterocycles. The van der Waals surface area contributed by atoms with Gasteiger partial charge in [-0.15, -0.1) is 0 Å². The van der Waals surface area contributed by atoms with Crippen LogP contribution in [0.3, 0.4) is 0 Å². The second-order valence-electron chi connectivity index (χ2n) is 5.57. The van der Waals surface area contributed by atoms with Gasteiger partial charge in [-0.25, -0.2) is 12.8 Å². The topological polar surface area (TPSA) is 89.5 Å². The van der Waals surface area contributed by atoms with Crippen LogP contribution < -0.4 is 5.32 Å². The average molecular weight is 428 g/mol. The highest BCUT2D eigenvalue weighted by Gasteiger charge is 2.30. The van der Waals surface area contributed by atoms with Gasteiger partial charge in [-0.1, -0.05) is 42.3 Å². The maximum atomic E-state index is 13.5. The van der Waals surface area contributed by atoms with Crippen LogP contribution in [0.2, 0.25) is 0 Å². The third kappa shape index (κ3) is 6.74. The van der Waals surface area contributed by atoms with Crippen LogP contribution in [-0.4, -0.2) is 44.1 Å². The summed E-state index contributed by atoms with van der Waals surface area (Å²) in [6, 6.07) is 4.19. The molecule has 146 valence electrons. The Morgan fingerprint density at radius 3 is 2.23 bits per heavy atom. The molecular weight excluding hydrogens is 408 g/mol. The lowest BCUT2D eigenvalue weighted by atomic mass is 10.0. The molecular formula is C16H20Cl2FNO5S. The summed E-state index contributed by atoms with van der Waals surface area (Å²) in [5.41, 5.74) is 0.325. The van der Waals surface area contributed by atoms with Gasteiger partial charge in [0.05, 0.1) is 10.9 Å². The maximum Gasteiger partial charge on any atom is 0.306 e. The lowest BCUT2D eigenvalue weighted by Crippen LogP contribution is -2.44. The van der Waals surface area contributed by atoms with E-state index in [2.05, 4.69) is 5.32 Å². The number of hydrogen-bond acceptors (Lipinski definition) is 5. The van der Waals surface area contributed by atoms with Crippen LogP contribution in [0.5, 0.6) is 0 Å². The molecule has 1 aromatic carbocycles. The Morgan fingerprint density at radius 2 is 1.81 bits per heavy atom. The molecule has 0 spiro atoms. The fourth-order valence-corrected chi connectivity index (χ4v) is 2.89. The third-order valence-corrected chi connectivity index (χ3v) is 4.93. The SMILES string of the molecule is CCCC(=O)O[C@H](c1ccc(S(C)(=O)=O)cc1)C(CF)NC(=O)C(Cl)Cl. The van der Waals surface area contributed by atoms with Crippen molar-refractivity contribution in [3.05, 3.63) is 29.8 Å². The van der Waals surface area contributed by atoms with Crippen LogP contribution in [0.15, 0.2) is 29.2 Å². The van der Waals surface area contributed by atoms with Crippen molar-refractivity contribution in [2.75, 3.05) is 12.9 Å². The molecule has 10 heteroatoms. The minimum Gasteiger partial charge on any atom is -0.455 e. The lowest BCUT2D eigenvalue weighted by molar-refractivity contribution is -0.152. The number of amides is 1. The van der Waals surface area contributed by atoms with Crippen molar-refractivity contribution in [3.63, 3.8) is 0 Å². The molecule has 1 unspecified atom stereocenters.